The summed E-state index contributed by atoms with van der Waals surface area (Å²) >= 11 is 0. The van der Waals surface area contributed by atoms with Gasteiger partial charge in [-0.05, 0) is 45.9 Å². The second-order valence-electron chi connectivity index (χ2n) is 5.84. The van der Waals surface area contributed by atoms with E-state index in [2.05, 4.69) is 9.97 Å². The summed E-state index contributed by atoms with van der Waals surface area (Å²) in [6.07, 6.45) is 0.703. The van der Waals surface area contributed by atoms with Crippen molar-refractivity contribution in [2.45, 2.75) is 38.9 Å². The lowest BCUT2D eigenvalue weighted by Gasteiger charge is -2.26. The van der Waals surface area contributed by atoms with Gasteiger partial charge in [0.15, 0.2) is 0 Å². The number of halogens is 1. The van der Waals surface area contributed by atoms with Crippen molar-refractivity contribution in [3.05, 3.63) is 30.5 Å². The van der Waals surface area contributed by atoms with E-state index in [1.165, 1.54) is 11.4 Å². The summed E-state index contributed by atoms with van der Waals surface area (Å²) in [7, 11) is 0. The number of nitrogens with zero attached hydrogens (tertiary/aromatic N) is 3. The number of anilines is 1. The molecule has 6 heteroatoms. The van der Waals surface area contributed by atoms with Gasteiger partial charge in [-0.15, -0.1) is 5.23 Å². The third-order valence-electron chi connectivity index (χ3n) is 3.82. The maximum Gasteiger partial charge on any atom is 0.309 e. The van der Waals surface area contributed by atoms with Gasteiger partial charge in [-0.2, -0.15) is 4.39 Å². The van der Waals surface area contributed by atoms with Crippen LogP contribution in [0.2, 0.25) is 0 Å². The Bertz CT molecular complexity index is 657. The Morgan fingerprint density at radius 1 is 1.10 bits per heavy atom. The minimum Gasteiger partial charge on any atom is -0.239 e. The van der Waals surface area contributed by atoms with Crippen LogP contribution in [0.5, 0.6) is 0 Å². The van der Waals surface area contributed by atoms with E-state index in [1.807, 2.05) is 27.7 Å². The molecule has 1 fully saturated rings. The molecule has 0 radical (unpaired) electrons. The van der Waals surface area contributed by atoms with Crippen molar-refractivity contribution >= 4 is 16.6 Å². The zero-order chi connectivity index (χ0) is 14.5. The number of benzene rings is 1. The van der Waals surface area contributed by atoms with Crippen molar-refractivity contribution in [1.82, 2.24) is 9.97 Å². The molecule has 1 aliphatic rings. The first-order valence-corrected chi connectivity index (χ1v) is 6.39. The summed E-state index contributed by atoms with van der Waals surface area (Å²) in [6, 6.07) is 5.28. The first kappa shape index (κ1) is 13.2. The maximum atomic E-state index is 13.0. The fraction of sp³-hybridized carbons (Fsp3) is 0.429. The van der Waals surface area contributed by atoms with Gasteiger partial charge in [0, 0.05) is 11.6 Å². The molecular weight excluding hydrogens is 261 g/mol. The first-order valence-electron chi connectivity index (χ1n) is 6.39. The van der Waals surface area contributed by atoms with Crippen molar-refractivity contribution in [3.63, 3.8) is 0 Å². The Balaban J connectivity index is 1.98. The highest BCUT2D eigenvalue weighted by Crippen LogP contribution is 2.40. The first-order chi connectivity index (χ1) is 9.28. The Morgan fingerprint density at radius 2 is 1.75 bits per heavy atom. The molecule has 5 nitrogen and oxygen atoms in total. The van der Waals surface area contributed by atoms with E-state index < -0.39 is 17.3 Å². The SMILES string of the molecule is CC1(C)ON(c2ccc3nc(F)ncc3c2)OC1(C)C. The highest BCUT2D eigenvalue weighted by atomic mass is 19.1. The molecule has 0 aliphatic carbocycles. The topological polar surface area (TPSA) is 47.5 Å². The third kappa shape index (κ3) is 2.01. The van der Waals surface area contributed by atoms with E-state index in [0.29, 0.717) is 11.2 Å². The minimum atomic E-state index is -0.735. The lowest BCUT2D eigenvalue weighted by Crippen LogP contribution is -2.41. The summed E-state index contributed by atoms with van der Waals surface area (Å²) in [5.74, 6) is 0. The molecule has 1 aliphatic heterocycles. The van der Waals surface area contributed by atoms with Gasteiger partial charge in [0.1, 0.15) is 11.2 Å². The summed E-state index contributed by atoms with van der Waals surface area (Å²) in [4.78, 5) is 18.9. The van der Waals surface area contributed by atoms with Gasteiger partial charge in [0.25, 0.3) is 0 Å². The number of hydrogen-bond acceptors (Lipinski definition) is 5. The van der Waals surface area contributed by atoms with E-state index >= 15 is 0 Å². The molecule has 2 heterocycles. The van der Waals surface area contributed by atoms with Crippen molar-refractivity contribution in [2.75, 3.05) is 5.23 Å². The zero-order valence-electron chi connectivity index (χ0n) is 11.8. The van der Waals surface area contributed by atoms with Gasteiger partial charge < -0.3 is 0 Å². The molecule has 1 aromatic heterocycles. The summed E-state index contributed by atoms with van der Waals surface area (Å²) in [6.45, 7) is 7.86. The van der Waals surface area contributed by atoms with Crippen LogP contribution in [-0.4, -0.2) is 21.2 Å². The predicted octanol–water partition coefficient (Wildman–Crippen LogP) is 3.01. The predicted molar refractivity (Wildman–Crippen MR) is 72.3 cm³/mol. The Morgan fingerprint density at radius 3 is 2.40 bits per heavy atom. The fourth-order valence-electron chi connectivity index (χ4n) is 1.87. The molecule has 0 atom stereocenters. The molecular formula is C14H16FN3O2. The maximum absolute atomic E-state index is 13.0. The Hall–Kier alpha value is -1.79. The van der Waals surface area contributed by atoms with Crippen molar-refractivity contribution < 1.29 is 14.1 Å². The molecule has 0 unspecified atom stereocenters. The van der Waals surface area contributed by atoms with Crippen LogP contribution >= 0.6 is 0 Å². The summed E-state index contributed by atoms with van der Waals surface area (Å²) in [5, 5.41) is 2.11. The highest BCUT2D eigenvalue weighted by Gasteiger charge is 2.50. The fourth-order valence-corrected chi connectivity index (χ4v) is 1.87. The largest absolute Gasteiger partial charge is 0.309 e. The van der Waals surface area contributed by atoms with Crippen LogP contribution in [0.1, 0.15) is 27.7 Å². The van der Waals surface area contributed by atoms with Crippen LogP contribution in [0.15, 0.2) is 24.4 Å². The quantitative estimate of drug-likeness (QED) is 0.750. The molecule has 3 rings (SSSR count). The van der Waals surface area contributed by atoms with E-state index in [4.69, 9.17) is 9.68 Å². The highest BCUT2D eigenvalue weighted by molar-refractivity contribution is 5.81. The monoisotopic (exact) mass is 277 g/mol. The lowest BCUT2D eigenvalue weighted by molar-refractivity contribution is -0.0272. The zero-order valence-corrected chi connectivity index (χ0v) is 11.8. The van der Waals surface area contributed by atoms with Crippen molar-refractivity contribution in [3.8, 4) is 0 Å². The van der Waals surface area contributed by atoms with Crippen LogP contribution in [0.25, 0.3) is 10.9 Å². The van der Waals surface area contributed by atoms with Crippen molar-refractivity contribution in [2.24, 2.45) is 0 Å². The van der Waals surface area contributed by atoms with E-state index in [0.717, 1.165) is 5.39 Å². The molecule has 0 spiro atoms. The van der Waals surface area contributed by atoms with E-state index in [9.17, 15) is 4.39 Å². The van der Waals surface area contributed by atoms with Gasteiger partial charge in [-0.1, -0.05) is 0 Å². The minimum absolute atomic E-state index is 0.457. The second kappa shape index (κ2) is 4.10. The number of fused-ring (bicyclic) bond motifs is 1. The Labute approximate surface area is 116 Å². The van der Waals surface area contributed by atoms with E-state index in [1.54, 1.807) is 18.2 Å². The normalized spacial score (nSPS) is 20.6. The lowest BCUT2D eigenvalue weighted by atomic mass is 9.90. The van der Waals surface area contributed by atoms with Crippen LogP contribution in [0.3, 0.4) is 0 Å². The molecule has 0 saturated carbocycles. The number of aromatic nitrogens is 2. The summed E-state index contributed by atoms with van der Waals surface area (Å²) < 4.78 is 13.0. The van der Waals surface area contributed by atoms with E-state index in [-0.39, 0.29) is 0 Å². The Kier molecular flexibility index (Phi) is 2.71. The van der Waals surface area contributed by atoms with Crippen LogP contribution in [0, 0.1) is 6.08 Å². The molecule has 20 heavy (non-hydrogen) atoms. The smallest absolute Gasteiger partial charge is 0.239 e. The van der Waals surface area contributed by atoms with Gasteiger partial charge >= 0.3 is 6.08 Å². The van der Waals surface area contributed by atoms with Gasteiger partial charge in [-0.25, -0.2) is 19.6 Å². The van der Waals surface area contributed by atoms with Gasteiger partial charge in [-0.3, -0.25) is 0 Å². The van der Waals surface area contributed by atoms with Crippen molar-refractivity contribution in [1.29, 1.82) is 0 Å². The molecule has 1 saturated heterocycles. The molecule has 2 aromatic rings. The van der Waals surface area contributed by atoms with Gasteiger partial charge in [0.05, 0.1) is 11.2 Å². The second-order valence-corrected chi connectivity index (χ2v) is 5.84. The standard InChI is InChI=1S/C14H16FN3O2/c1-13(2)14(3,4)20-18(19-13)10-5-6-11-9(7-10)8-16-12(15)17-11/h5-8H,1-4H3. The van der Waals surface area contributed by atoms with Gasteiger partial charge in [0.2, 0.25) is 0 Å². The van der Waals surface area contributed by atoms with Crippen LogP contribution in [-0.2, 0) is 9.68 Å². The average Bonchev–Trinajstić information content (AvgIpc) is 2.58. The average molecular weight is 277 g/mol. The molecule has 1 aromatic carbocycles. The molecule has 0 bridgehead atoms. The third-order valence-corrected chi connectivity index (χ3v) is 3.82. The molecule has 0 amide bonds. The number of rotatable bonds is 1. The van der Waals surface area contributed by atoms with Crippen LogP contribution in [0.4, 0.5) is 10.1 Å². The summed E-state index contributed by atoms with van der Waals surface area (Å²) in [5.41, 5.74) is 0.341. The molecule has 0 N–H and O–H groups in total. The van der Waals surface area contributed by atoms with Crippen LogP contribution < -0.4 is 5.23 Å². The number of hydrogen-bond donors (Lipinski definition) is 0. The molecule has 106 valence electrons.